The Hall–Kier alpha value is -3.20. The summed E-state index contributed by atoms with van der Waals surface area (Å²) >= 11 is 0. The van der Waals surface area contributed by atoms with Gasteiger partial charge in [-0.05, 0) is 35.8 Å². The molecule has 0 heterocycles. The van der Waals surface area contributed by atoms with Crippen molar-refractivity contribution >= 4 is 11.9 Å². The lowest BCUT2D eigenvalue weighted by atomic mass is 10.00. The van der Waals surface area contributed by atoms with Gasteiger partial charge in [0.2, 0.25) is 5.78 Å². The summed E-state index contributed by atoms with van der Waals surface area (Å²) in [6.07, 6.45) is 3.31. The quantitative estimate of drug-likeness (QED) is 0.371. The van der Waals surface area contributed by atoms with E-state index in [1.165, 1.54) is 31.4 Å². The van der Waals surface area contributed by atoms with E-state index in [0.29, 0.717) is 11.1 Å². The van der Waals surface area contributed by atoms with Crippen LogP contribution in [0, 0.1) is 11.3 Å². The summed E-state index contributed by atoms with van der Waals surface area (Å²) in [6.45, 7) is -0.909. The molecule has 0 fully saturated rings. The van der Waals surface area contributed by atoms with Gasteiger partial charge in [-0.2, -0.15) is 14.0 Å². The number of carbonyl (C=O) groups is 1. The first kappa shape index (κ1) is 20.1. The zero-order valence-electron chi connectivity index (χ0n) is 15.0. The highest BCUT2D eigenvalue weighted by molar-refractivity contribution is 6.14. The number of ketones is 1. The number of aryl methyl sites for hydroxylation is 1. The molecule has 0 unspecified atom stereocenters. The summed E-state index contributed by atoms with van der Waals surface area (Å²) in [4.78, 5) is 12.6. The van der Waals surface area contributed by atoms with Crippen LogP contribution in [0.25, 0.3) is 6.08 Å². The number of halogens is 2. The molecule has 0 radical (unpaired) electrons. The van der Waals surface area contributed by atoms with E-state index < -0.39 is 12.4 Å². The van der Waals surface area contributed by atoms with Crippen molar-refractivity contribution in [1.82, 2.24) is 0 Å². The summed E-state index contributed by atoms with van der Waals surface area (Å²) in [5.41, 5.74) is 1.92. The van der Waals surface area contributed by atoms with Gasteiger partial charge in [0.25, 0.3) is 0 Å². The van der Waals surface area contributed by atoms with Gasteiger partial charge < -0.3 is 9.47 Å². The fourth-order valence-electron chi connectivity index (χ4n) is 2.55. The fraction of sp³-hybridized carbons (Fsp3) is 0.238. The van der Waals surface area contributed by atoms with Gasteiger partial charge in [-0.3, -0.25) is 4.79 Å². The van der Waals surface area contributed by atoms with Gasteiger partial charge in [0.05, 0.1) is 7.11 Å². The van der Waals surface area contributed by atoms with Crippen LogP contribution in [0.4, 0.5) is 8.78 Å². The van der Waals surface area contributed by atoms with Crippen LogP contribution >= 0.6 is 0 Å². The minimum Gasteiger partial charge on any atom is -0.493 e. The molecular weight excluding hydrogens is 352 g/mol. The topological polar surface area (TPSA) is 59.3 Å². The van der Waals surface area contributed by atoms with E-state index in [4.69, 9.17) is 4.74 Å². The Bertz CT molecular complexity index is 868. The van der Waals surface area contributed by atoms with E-state index in [1.54, 1.807) is 12.1 Å². The Kier molecular flexibility index (Phi) is 7.07. The predicted octanol–water partition coefficient (Wildman–Crippen LogP) is 5.04. The average Bonchev–Trinajstić information content (AvgIpc) is 2.67. The summed E-state index contributed by atoms with van der Waals surface area (Å²) in [5, 5.41) is 9.36. The molecule has 0 aromatic heterocycles. The van der Waals surface area contributed by atoms with Gasteiger partial charge in [-0.15, -0.1) is 0 Å². The number of hydrogen-bond acceptors (Lipinski definition) is 4. The first-order valence-electron chi connectivity index (χ1n) is 8.36. The molecule has 2 aromatic rings. The van der Waals surface area contributed by atoms with Crippen molar-refractivity contribution in [3.05, 3.63) is 64.7 Å². The minimum absolute atomic E-state index is 0.0668. The molecule has 2 aromatic carbocycles. The number of rotatable bonds is 8. The number of allylic oxidation sites excluding steroid dienone is 1. The SMILES string of the molecule is CCCc1ccc(C(=O)/C(C#N)=C/c2ccc(OC(F)F)c(OC)c2)cc1. The molecule has 0 atom stereocenters. The zero-order chi connectivity index (χ0) is 19.8. The summed E-state index contributed by atoms with van der Waals surface area (Å²) in [7, 11) is 1.31. The molecule has 0 aliphatic rings. The average molecular weight is 371 g/mol. The normalized spacial score (nSPS) is 11.2. The third-order valence-electron chi connectivity index (χ3n) is 3.83. The number of alkyl halides is 2. The van der Waals surface area contributed by atoms with Gasteiger partial charge in [-0.1, -0.05) is 43.7 Å². The van der Waals surface area contributed by atoms with Crippen molar-refractivity contribution < 1.29 is 23.0 Å². The molecule has 27 heavy (non-hydrogen) atoms. The summed E-state index contributed by atoms with van der Waals surface area (Å²) < 4.78 is 34.2. The van der Waals surface area contributed by atoms with E-state index in [-0.39, 0.29) is 17.1 Å². The number of nitrogens with zero attached hydrogens (tertiary/aromatic N) is 1. The third kappa shape index (κ3) is 5.38. The Morgan fingerprint density at radius 1 is 1.19 bits per heavy atom. The van der Waals surface area contributed by atoms with E-state index in [0.717, 1.165) is 18.4 Å². The molecular formula is C21H19F2NO3. The maximum Gasteiger partial charge on any atom is 0.387 e. The molecule has 0 aliphatic heterocycles. The largest absolute Gasteiger partial charge is 0.493 e. The first-order chi connectivity index (χ1) is 13.0. The Morgan fingerprint density at radius 2 is 1.89 bits per heavy atom. The van der Waals surface area contributed by atoms with Crippen LogP contribution in [-0.4, -0.2) is 19.5 Å². The van der Waals surface area contributed by atoms with Crippen LogP contribution in [-0.2, 0) is 6.42 Å². The molecule has 0 N–H and O–H groups in total. The summed E-state index contributed by atoms with van der Waals surface area (Å²) in [6, 6.07) is 13.2. The maximum atomic E-state index is 12.6. The van der Waals surface area contributed by atoms with Gasteiger partial charge >= 0.3 is 6.61 Å². The Labute approximate surface area is 156 Å². The van der Waals surface area contributed by atoms with E-state index >= 15 is 0 Å². The predicted molar refractivity (Wildman–Crippen MR) is 98.0 cm³/mol. The lowest BCUT2D eigenvalue weighted by Gasteiger charge is -2.10. The number of Topliss-reactive ketones (excluding diaryl/α,β-unsaturated/α-hetero) is 1. The molecule has 0 amide bonds. The van der Waals surface area contributed by atoms with Crippen LogP contribution in [0.2, 0.25) is 0 Å². The van der Waals surface area contributed by atoms with Gasteiger partial charge in [-0.25, -0.2) is 0 Å². The van der Waals surface area contributed by atoms with Crippen LogP contribution in [0.15, 0.2) is 48.0 Å². The monoisotopic (exact) mass is 371 g/mol. The van der Waals surface area contributed by atoms with Crippen molar-refractivity contribution in [1.29, 1.82) is 5.26 Å². The zero-order valence-corrected chi connectivity index (χ0v) is 15.0. The van der Waals surface area contributed by atoms with Gasteiger partial charge in [0, 0.05) is 5.56 Å². The number of nitriles is 1. The number of hydrogen-bond donors (Lipinski definition) is 0. The molecule has 0 aliphatic carbocycles. The fourth-order valence-corrected chi connectivity index (χ4v) is 2.55. The van der Waals surface area contributed by atoms with Gasteiger partial charge in [0.1, 0.15) is 11.6 Å². The van der Waals surface area contributed by atoms with Crippen molar-refractivity contribution in [2.45, 2.75) is 26.4 Å². The molecule has 0 bridgehead atoms. The highest BCUT2D eigenvalue weighted by Crippen LogP contribution is 2.30. The minimum atomic E-state index is -2.98. The van der Waals surface area contributed by atoms with Crippen LogP contribution in [0.1, 0.15) is 34.8 Å². The van der Waals surface area contributed by atoms with Crippen LogP contribution < -0.4 is 9.47 Å². The smallest absolute Gasteiger partial charge is 0.387 e. The third-order valence-corrected chi connectivity index (χ3v) is 3.83. The number of benzene rings is 2. The van der Waals surface area contributed by atoms with Crippen LogP contribution in [0.3, 0.4) is 0 Å². The molecule has 0 spiro atoms. The standard InChI is InChI=1S/C21H19F2NO3/c1-3-4-14-5-8-16(9-6-14)20(25)17(13-24)11-15-7-10-18(27-21(22)23)19(12-15)26-2/h5-12,21H,3-4H2,1-2H3/b17-11+. The highest BCUT2D eigenvalue weighted by Gasteiger charge is 2.14. The Morgan fingerprint density at radius 3 is 2.44 bits per heavy atom. The number of methoxy groups -OCH3 is 1. The maximum absolute atomic E-state index is 12.6. The first-order valence-corrected chi connectivity index (χ1v) is 8.36. The van der Waals surface area contributed by atoms with Crippen molar-refractivity contribution in [3.8, 4) is 17.6 Å². The number of ether oxygens (including phenoxy) is 2. The van der Waals surface area contributed by atoms with E-state index in [2.05, 4.69) is 11.7 Å². The van der Waals surface area contributed by atoms with Crippen molar-refractivity contribution in [2.75, 3.05) is 7.11 Å². The van der Waals surface area contributed by atoms with Gasteiger partial charge in [0.15, 0.2) is 11.5 Å². The number of carbonyl (C=O) groups excluding carboxylic acids is 1. The highest BCUT2D eigenvalue weighted by atomic mass is 19.3. The molecule has 0 saturated heterocycles. The van der Waals surface area contributed by atoms with E-state index in [1.807, 2.05) is 18.2 Å². The molecule has 140 valence electrons. The second kappa shape index (κ2) is 9.48. The lowest BCUT2D eigenvalue weighted by molar-refractivity contribution is -0.0512. The van der Waals surface area contributed by atoms with Crippen molar-refractivity contribution in [3.63, 3.8) is 0 Å². The second-order valence-electron chi connectivity index (χ2n) is 5.73. The second-order valence-corrected chi connectivity index (χ2v) is 5.73. The lowest BCUT2D eigenvalue weighted by Crippen LogP contribution is -2.04. The van der Waals surface area contributed by atoms with Crippen molar-refractivity contribution in [2.24, 2.45) is 0 Å². The van der Waals surface area contributed by atoms with E-state index in [9.17, 15) is 18.8 Å². The molecule has 6 heteroatoms. The van der Waals surface area contributed by atoms with Crippen LogP contribution in [0.5, 0.6) is 11.5 Å². The molecule has 2 rings (SSSR count). The summed E-state index contributed by atoms with van der Waals surface area (Å²) in [5.74, 6) is -0.453. The molecule has 0 saturated carbocycles. The Balaban J connectivity index is 2.29. The molecule has 4 nitrogen and oxygen atoms in total.